The molecule has 2 aromatic carbocycles. The van der Waals surface area contributed by atoms with Gasteiger partial charge in [-0.25, -0.2) is 4.79 Å². The van der Waals surface area contributed by atoms with E-state index in [0.29, 0.717) is 24.7 Å². The first-order chi connectivity index (χ1) is 19.0. The molecular weight excluding hydrogens is 516 g/mol. The van der Waals surface area contributed by atoms with E-state index < -0.39 is 41.0 Å². The number of nitrogens with one attached hydrogen (secondary N) is 3. The van der Waals surface area contributed by atoms with Gasteiger partial charge < -0.3 is 25.5 Å². The van der Waals surface area contributed by atoms with Crippen LogP contribution in [0, 0.1) is 22.0 Å². The quantitative estimate of drug-likeness (QED) is 0.172. The zero-order valence-corrected chi connectivity index (χ0v) is 23.3. The van der Waals surface area contributed by atoms with Gasteiger partial charge in [-0.1, -0.05) is 70.2 Å². The van der Waals surface area contributed by atoms with Crippen LogP contribution >= 0.6 is 0 Å². The molecule has 2 rings (SSSR count). The summed E-state index contributed by atoms with van der Waals surface area (Å²) in [5.74, 6) is -0.989. The predicted molar refractivity (Wildman–Crippen MR) is 149 cm³/mol. The molecule has 0 aromatic heterocycles. The molecule has 0 saturated heterocycles. The zero-order valence-electron chi connectivity index (χ0n) is 23.3. The third kappa shape index (κ3) is 11.2. The summed E-state index contributed by atoms with van der Waals surface area (Å²) in [5.41, 5.74) is 1.35. The normalized spacial score (nSPS) is 13.2. The highest BCUT2D eigenvalue weighted by Gasteiger charge is 2.29. The summed E-state index contributed by atoms with van der Waals surface area (Å²) in [6.07, 6.45) is 0.575. The Kier molecular flexibility index (Phi) is 12.7. The molecule has 0 aliphatic rings. The van der Waals surface area contributed by atoms with E-state index in [1.807, 2.05) is 58.0 Å². The number of ether oxygens (including phenoxy) is 1. The Balaban J connectivity index is 2.05. The minimum atomic E-state index is -0.955. The molecule has 0 heterocycles. The van der Waals surface area contributed by atoms with Crippen molar-refractivity contribution in [3.05, 3.63) is 75.8 Å². The summed E-state index contributed by atoms with van der Waals surface area (Å²) in [4.78, 5) is 60.9. The van der Waals surface area contributed by atoms with Crippen molar-refractivity contribution in [3.8, 4) is 0 Å². The van der Waals surface area contributed by atoms with Crippen molar-refractivity contribution in [3.63, 3.8) is 0 Å². The van der Waals surface area contributed by atoms with Gasteiger partial charge in [0.05, 0.1) is 11.0 Å². The second-order valence-electron chi connectivity index (χ2n) is 10.5. The Morgan fingerprint density at radius 1 is 0.825 bits per heavy atom. The summed E-state index contributed by atoms with van der Waals surface area (Å²) >= 11 is 0. The van der Waals surface area contributed by atoms with Gasteiger partial charge in [0.25, 0.3) is 5.69 Å². The van der Waals surface area contributed by atoms with E-state index in [1.54, 1.807) is 0 Å². The lowest BCUT2D eigenvalue weighted by Gasteiger charge is -2.26. The average Bonchev–Trinajstić information content (AvgIpc) is 2.91. The van der Waals surface area contributed by atoms with Crippen molar-refractivity contribution in [2.45, 2.75) is 71.7 Å². The van der Waals surface area contributed by atoms with Gasteiger partial charge >= 0.3 is 6.09 Å². The smallest absolute Gasteiger partial charge is 0.408 e. The molecule has 0 saturated carbocycles. The highest BCUT2D eigenvalue weighted by Crippen LogP contribution is 2.14. The van der Waals surface area contributed by atoms with Gasteiger partial charge in [0.15, 0.2) is 0 Å². The number of alkyl carbamates (subject to hydrolysis) is 1. The number of rotatable bonds is 15. The van der Waals surface area contributed by atoms with Gasteiger partial charge in [0.1, 0.15) is 25.0 Å². The highest BCUT2D eigenvalue weighted by molar-refractivity contribution is 5.92. The van der Waals surface area contributed by atoms with Crippen molar-refractivity contribution < 1.29 is 28.8 Å². The maximum atomic E-state index is 13.2. The molecule has 0 aliphatic carbocycles. The van der Waals surface area contributed by atoms with Gasteiger partial charge in [-0.2, -0.15) is 0 Å². The van der Waals surface area contributed by atoms with Crippen molar-refractivity contribution in [1.29, 1.82) is 0 Å². The molecule has 3 amide bonds. The molecule has 2 aromatic rings. The Hall–Kier alpha value is -4.28. The molecule has 0 fully saturated rings. The van der Waals surface area contributed by atoms with Crippen molar-refractivity contribution in [2.75, 3.05) is 0 Å². The number of nitro groups is 1. The van der Waals surface area contributed by atoms with Crippen LogP contribution in [-0.2, 0) is 32.1 Å². The van der Waals surface area contributed by atoms with Gasteiger partial charge in [0.2, 0.25) is 11.8 Å². The zero-order chi connectivity index (χ0) is 29.7. The summed E-state index contributed by atoms with van der Waals surface area (Å²) < 4.78 is 5.27. The second-order valence-corrected chi connectivity index (χ2v) is 10.5. The van der Waals surface area contributed by atoms with Crippen LogP contribution in [0.3, 0.4) is 0 Å². The lowest BCUT2D eigenvalue weighted by Crippen LogP contribution is -2.55. The number of nitrogens with zero attached hydrogens (tertiary/aromatic N) is 1. The highest BCUT2D eigenvalue weighted by atomic mass is 16.6. The number of non-ortho nitro benzene ring substituents is 1. The maximum Gasteiger partial charge on any atom is 0.408 e. The molecule has 0 bridgehead atoms. The summed E-state index contributed by atoms with van der Waals surface area (Å²) in [6.45, 7) is 7.64. The number of nitro benzene ring substituents is 1. The number of carbonyl (C=O) groups excluding carboxylic acids is 4. The average molecular weight is 555 g/mol. The van der Waals surface area contributed by atoms with Crippen LogP contribution in [0.25, 0.3) is 0 Å². The Morgan fingerprint density at radius 2 is 1.38 bits per heavy atom. The Morgan fingerprint density at radius 3 is 1.90 bits per heavy atom. The van der Waals surface area contributed by atoms with Crippen LogP contribution < -0.4 is 16.0 Å². The van der Waals surface area contributed by atoms with E-state index in [9.17, 15) is 29.3 Å². The van der Waals surface area contributed by atoms with Gasteiger partial charge in [0, 0.05) is 12.1 Å². The molecule has 216 valence electrons. The molecule has 0 unspecified atom stereocenters. The maximum absolute atomic E-state index is 13.2. The van der Waals surface area contributed by atoms with Crippen LogP contribution in [0.1, 0.15) is 51.7 Å². The summed E-state index contributed by atoms with van der Waals surface area (Å²) in [5, 5.41) is 18.9. The fourth-order valence-electron chi connectivity index (χ4n) is 4.01. The number of hydrogen-bond donors (Lipinski definition) is 3. The number of benzene rings is 2. The standard InChI is InChI=1S/C29H38N4O7/c1-19(2)14-25(27(35)30-23(17-34)16-21-10-12-24(13-11-21)33(38)39)31-28(36)26(15-20(3)4)32-29(37)40-18-22-8-6-5-7-9-22/h5-13,17,19-20,23,25-26H,14-16,18H2,1-4H3,(H,30,35)(H,31,36)(H,32,37)/t23-,25-,26-/m0/s1. The SMILES string of the molecule is CC(C)C[C@H](NC(=O)OCc1ccccc1)C(=O)N[C@@H](CC(C)C)C(=O)N[C@H](C=O)Cc1ccc([N+](=O)[O-])cc1. The second kappa shape index (κ2) is 16.0. The van der Waals surface area contributed by atoms with E-state index in [4.69, 9.17) is 4.74 Å². The first kappa shape index (κ1) is 31.9. The fourth-order valence-corrected chi connectivity index (χ4v) is 4.01. The Bertz CT molecular complexity index is 1140. The van der Waals surface area contributed by atoms with Gasteiger partial charge in [-0.05, 0) is 42.2 Å². The van der Waals surface area contributed by atoms with E-state index in [0.717, 1.165) is 5.56 Å². The molecule has 0 radical (unpaired) electrons. The van der Waals surface area contributed by atoms with Crippen molar-refractivity contribution >= 4 is 29.9 Å². The van der Waals surface area contributed by atoms with E-state index in [-0.39, 0.29) is 30.6 Å². The molecule has 11 nitrogen and oxygen atoms in total. The molecule has 0 aliphatic heterocycles. The number of aldehydes is 1. The lowest BCUT2D eigenvalue weighted by atomic mass is 9.99. The van der Waals surface area contributed by atoms with E-state index in [2.05, 4.69) is 16.0 Å². The van der Waals surface area contributed by atoms with Crippen LogP contribution in [0.2, 0.25) is 0 Å². The monoisotopic (exact) mass is 554 g/mol. The van der Waals surface area contributed by atoms with Crippen LogP contribution in [0.5, 0.6) is 0 Å². The number of amides is 3. The number of hydrogen-bond acceptors (Lipinski definition) is 7. The fraction of sp³-hybridized carbons (Fsp3) is 0.448. The largest absolute Gasteiger partial charge is 0.445 e. The molecule has 11 heteroatoms. The molecule has 3 N–H and O–H groups in total. The minimum absolute atomic E-state index is 0.0350. The first-order valence-corrected chi connectivity index (χ1v) is 13.2. The van der Waals surface area contributed by atoms with E-state index in [1.165, 1.54) is 24.3 Å². The van der Waals surface area contributed by atoms with E-state index >= 15 is 0 Å². The lowest BCUT2D eigenvalue weighted by molar-refractivity contribution is -0.384. The number of carbonyl (C=O) groups is 4. The summed E-state index contributed by atoms with van der Waals surface area (Å²) in [6, 6.07) is 12.0. The van der Waals surface area contributed by atoms with Crippen LogP contribution in [0.4, 0.5) is 10.5 Å². The summed E-state index contributed by atoms with van der Waals surface area (Å²) in [7, 11) is 0. The molecule has 40 heavy (non-hydrogen) atoms. The van der Waals surface area contributed by atoms with Gasteiger partial charge in [-0.3, -0.25) is 19.7 Å². The third-order valence-corrected chi connectivity index (χ3v) is 5.96. The Labute approximate surface area is 234 Å². The molecular formula is C29H38N4O7. The van der Waals surface area contributed by atoms with Gasteiger partial charge in [-0.15, -0.1) is 0 Å². The van der Waals surface area contributed by atoms with Crippen LogP contribution in [-0.4, -0.2) is 47.2 Å². The topological polar surface area (TPSA) is 157 Å². The molecule has 0 spiro atoms. The van der Waals surface area contributed by atoms with Crippen molar-refractivity contribution in [2.24, 2.45) is 11.8 Å². The third-order valence-electron chi connectivity index (χ3n) is 5.96. The van der Waals surface area contributed by atoms with Crippen LogP contribution in [0.15, 0.2) is 54.6 Å². The van der Waals surface area contributed by atoms with Crippen molar-refractivity contribution in [1.82, 2.24) is 16.0 Å². The first-order valence-electron chi connectivity index (χ1n) is 13.2. The predicted octanol–water partition coefficient (Wildman–Crippen LogP) is 3.69. The molecule has 3 atom stereocenters. The minimum Gasteiger partial charge on any atom is -0.445 e.